The second-order valence-electron chi connectivity index (χ2n) is 8.25. The van der Waals surface area contributed by atoms with Crippen LogP contribution in [-0.2, 0) is 0 Å². The fourth-order valence-electron chi connectivity index (χ4n) is 6.25. The molecule has 21 heavy (non-hydrogen) atoms. The van der Waals surface area contributed by atoms with Crippen molar-refractivity contribution >= 4 is 23.2 Å². The second kappa shape index (κ2) is 8.14. The Balaban J connectivity index is 1.85. The zero-order chi connectivity index (χ0) is 14.5. The summed E-state index contributed by atoms with van der Waals surface area (Å²) in [5, 5.41) is 1.44. The molecule has 0 nitrogen and oxygen atoms in total. The summed E-state index contributed by atoms with van der Waals surface area (Å²) in [6.07, 6.45) is 23.5. The Kier molecular flexibility index (Phi) is 6.50. The predicted octanol–water partition coefficient (Wildman–Crippen LogP) is 7.09. The van der Waals surface area contributed by atoms with E-state index in [-0.39, 0.29) is 0 Å². The fraction of sp³-hybridized carbons (Fsp3) is 1.00. The van der Waals surface area contributed by atoms with Gasteiger partial charge >= 0.3 is 142 Å². The van der Waals surface area contributed by atoms with E-state index >= 15 is 0 Å². The summed E-state index contributed by atoms with van der Waals surface area (Å²) in [6, 6.07) is 0. The molecular weight excluding hydrogens is 339 g/mol. The molecule has 3 aliphatic rings. The van der Waals surface area contributed by atoms with Crippen molar-refractivity contribution in [2.75, 3.05) is 5.07 Å². The molecule has 3 saturated carbocycles. The van der Waals surface area contributed by atoms with Gasteiger partial charge in [-0.15, -0.1) is 0 Å². The molecular formula is C19H36BrP. The molecule has 3 fully saturated rings. The topological polar surface area (TPSA) is 0 Å². The van der Waals surface area contributed by atoms with E-state index in [1.807, 2.05) is 0 Å². The molecule has 0 heterocycles. The molecule has 3 aliphatic carbocycles. The minimum atomic E-state index is -1.15. The number of hydrogen-bond donors (Lipinski definition) is 0. The number of hydrogen-bond acceptors (Lipinski definition) is 0. The molecule has 0 saturated heterocycles. The summed E-state index contributed by atoms with van der Waals surface area (Å²) < 4.78 is 0. The average molecular weight is 375 g/mol. The van der Waals surface area contributed by atoms with Crippen molar-refractivity contribution in [1.82, 2.24) is 0 Å². The van der Waals surface area contributed by atoms with E-state index < -0.39 is 7.26 Å². The first-order valence-corrected chi connectivity index (χ1v) is 13.5. The second-order valence-corrected chi connectivity index (χ2v) is 14.9. The van der Waals surface area contributed by atoms with E-state index in [0.717, 1.165) is 0 Å². The molecule has 0 spiro atoms. The van der Waals surface area contributed by atoms with Crippen molar-refractivity contribution in [2.24, 2.45) is 0 Å². The average Bonchev–Trinajstić information content (AvgIpc) is 2.59. The Morgan fingerprint density at radius 2 is 0.810 bits per heavy atom. The maximum atomic E-state index is 4.14. The van der Waals surface area contributed by atoms with Crippen molar-refractivity contribution in [3.8, 4) is 0 Å². The molecule has 0 bridgehead atoms. The van der Waals surface area contributed by atoms with E-state index in [2.05, 4.69) is 15.9 Å². The van der Waals surface area contributed by atoms with Gasteiger partial charge < -0.3 is 0 Å². The Bertz CT molecular complexity index is 253. The van der Waals surface area contributed by atoms with Crippen molar-refractivity contribution in [1.29, 1.82) is 0 Å². The summed E-state index contributed by atoms with van der Waals surface area (Å²) in [7, 11) is -1.15. The van der Waals surface area contributed by atoms with E-state index in [0.29, 0.717) is 0 Å². The predicted molar refractivity (Wildman–Crippen MR) is 103 cm³/mol. The van der Waals surface area contributed by atoms with Crippen LogP contribution >= 0.6 is 23.2 Å². The molecule has 124 valence electrons. The van der Waals surface area contributed by atoms with E-state index in [4.69, 9.17) is 0 Å². The van der Waals surface area contributed by atoms with E-state index in [9.17, 15) is 0 Å². The zero-order valence-electron chi connectivity index (χ0n) is 13.9. The van der Waals surface area contributed by atoms with Crippen LogP contribution in [0.25, 0.3) is 0 Å². The van der Waals surface area contributed by atoms with Gasteiger partial charge in [-0.3, -0.25) is 0 Å². The number of alkyl halides is 1. The molecule has 0 radical (unpaired) electrons. The molecule has 3 rings (SSSR count). The van der Waals surface area contributed by atoms with Gasteiger partial charge in [0.15, 0.2) is 0 Å². The van der Waals surface area contributed by atoms with Gasteiger partial charge in [0.1, 0.15) is 0 Å². The molecule has 0 aromatic carbocycles. The zero-order valence-corrected chi connectivity index (χ0v) is 16.5. The molecule has 0 atom stereocenters. The van der Waals surface area contributed by atoms with Gasteiger partial charge in [-0.2, -0.15) is 0 Å². The molecule has 0 aromatic rings. The van der Waals surface area contributed by atoms with Crippen LogP contribution in [0, 0.1) is 0 Å². The van der Waals surface area contributed by atoms with Gasteiger partial charge in [-0.05, 0) is 0 Å². The Morgan fingerprint density at radius 3 is 1.05 bits per heavy atom. The van der Waals surface area contributed by atoms with Gasteiger partial charge in [0.2, 0.25) is 0 Å². The van der Waals surface area contributed by atoms with Crippen LogP contribution in [0.4, 0.5) is 0 Å². The van der Waals surface area contributed by atoms with Crippen LogP contribution in [0.3, 0.4) is 0 Å². The van der Waals surface area contributed by atoms with Crippen molar-refractivity contribution in [3.05, 3.63) is 0 Å². The first-order chi connectivity index (χ1) is 10.4. The summed E-state index contributed by atoms with van der Waals surface area (Å²) in [5.74, 6) is 0. The molecule has 0 aromatic heterocycles. The van der Waals surface area contributed by atoms with Crippen LogP contribution in [-0.4, -0.2) is 22.0 Å². The van der Waals surface area contributed by atoms with Gasteiger partial charge in [0, 0.05) is 0 Å². The molecule has 0 amide bonds. The first kappa shape index (κ1) is 16.8. The normalized spacial score (nSPS) is 28.6. The summed E-state index contributed by atoms with van der Waals surface area (Å²) >= 11 is 4.14. The van der Waals surface area contributed by atoms with Crippen LogP contribution in [0.5, 0.6) is 0 Å². The molecule has 0 N–H and O–H groups in total. The fourth-order valence-corrected chi connectivity index (χ4v) is 17.5. The standard InChI is InChI=1S/C19H36BrP/c20-16-21(17-10-4-1-5-11-17,18-12-6-2-7-13-18)19-14-8-3-9-15-19/h17-19,21H,1-16H2. The van der Waals surface area contributed by atoms with Crippen LogP contribution in [0.2, 0.25) is 0 Å². The monoisotopic (exact) mass is 374 g/mol. The van der Waals surface area contributed by atoms with Gasteiger partial charge in [-0.1, -0.05) is 0 Å². The van der Waals surface area contributed by atoms with E-state index in [1.165, 1.54) is 41.3 Å². The Morgan fingerprint density at radius 1 is 0.524 bits per heavy atom. The summed E-state index contributed by atoms with van der Waals surface area (Å²) in [6.45, 7) is 0. The van der Waals surface area contributed by atoms with Crippen LogP contribution in [0.15, 0.2) is 0 Å². The Labute approximate surface area is 141 Å². The molecule has 2 heteroatoms. The van der Waals surface area contributed by atoms with E-state index in [1.54, 1.807) is 77.0 Å². The molecule has 0 unspecified atom stereocenters. The summed E-state index contributed by atoms with van der Waals surface area (Å²) in [5.41, 5.74) is 3.53. The van der Waals surface area contributed by atoms with Gasteiger partial charge in [0.25, 0.3) is 0 Å². The van der Waals surface area contributed by atoms with Gasteiger partial charge in [0.05, 0.1) is 0 Å². The third-order valence-electron chi connectivity index (χ3n) is 7.33. The third kappa shape index (κ3) is 3.55. The number of rotatable bonds is 4. The third-order valence-corrected chi connectivity index (χ3v) is 17.0. The maximum absolute atomic E-state index is 4.14. The number of halogens is 1. The summed E-state index contributed by atoms with van der Waals surface area (Å²) in [4.78, 5) is 0. The molecule has 0 aliphatic heterocycles. The first-order valence-electron chi connectivity index (χ1n) is 9.94. The van der Waals surface area contributed by atoms with Gasteiger partial charge in [-0.25, -0.2) is 0 Å². The van der Waals surface area contributed by atoms with Crippen LogP contribution < -0.4 is 0 Å². The Hall–Kier alpha value is 0.910. The van der Waals surface area contributed by atoms with Crippen molar-refractivity contribution in [2.45, 2.75) is 113 Å². The SMILES string of the molecule is BrC[PH](C1CCCCC1)(C1CCCCC1)C1CCCCC1. The van der Waals surface area contributed by atoms with Crippen molar-refractivity contribution < 1.29 is 0 Å². The quantitative estimate of drug-likeness (QED) is 0.364. The van der Waals surface area contributed by atoms with Crippen molar-refractivity contribution in [3.63, 3.8) is 0 Å². The van der Waals surface area contributed by atoms with Crippen LogP contribution in [0.1, 0.15) is 96.3 Å². The minimum absolute atomic E-state index is 1.15.